The Kier molecular flexibility index (Phi) is 2.54. The van der Waals surface area contributed by atoms with Crippen molar-refractivity contribution in [3.8, 4) is 0 Å². The van der Waals surface area contributed by atoms with Crippen LogP contribution in [-0.2, 0) is 6.42 Å². The second-order valence-electron chi connectivity index (χ2n) is 2.87. The van der Waals surface area contributed by atoms with E-state index in [0.717, 1.165) is 16.3 Å². The lowest BCUT2D eigenvalue weighted by Crippen LogP contribution is -1.84. The van der Waals surface area contributed by atoms with Gasteiger partial charge in [0, 0.05) is 9.60 Å². The minimum absolute atomic E-state index is 0.759. The first-order chi connectivity index (χ1) is 6.24. The highest BCUT2D eigenvalue weighted by Crippen LogP contribution is 2.34. The van der Waals surface area contributed by atoms with E-state index in [2.05, 4.69) is 31.0 Å². The fourth-order valence-electron chi connectivity index (χ4n) is 1.50. The summed E-state index contributed by atoms with van der Waals surface area (Å²) in [5.74, 6) is 0. The zero-order valence-corrected chi connectivity index (χ0v) is 9.64. The Bertz CT molecular complexity index is 445. The predicted octanol–water partition coefficient (Wildman–Crippen LogP) is 4.41. The predicted molar refractivity (Wildman–Crippen MR) is 63.5 cm³/mol. The Morgan fingerprint density at radius 1 is 1.54 bits per heavy atom. The molecule has 0 saturated heterocycles. The molecule has 2 aromatic rings. The van der Waals surface area contributed by atoms with Gasteiger partial charge in [0.25, 0.3) is 0 Å². The Morgan fingerprint density at radius 2 is 2.31 bits per heavy atom. The zero-order valence-electron chi connectivity index (χ0n) is 7.17. The normalized spacial score (nSPS) is 11.0. The molecule has 3 heteroatoms. The molecule has 0 nitrogen and oxygen atoms in total. The first kappa shape index (κ1) is 9.38. The molecular weight excluding hydrogens is 220 g/mol. The van der Waals surface area contributed by atoms with Crippen molar-refractivity contribution >= 4 is 45.7 Å². The fourth-order valence-corrected chi connectivity index (χ4v) is 2.98. The zero-order chi connectivity index (χ0) is 9.42. The van der Waals surface area contributed by atoms with Crippen LogP contribution in [0.3, 0.4) is 0 Å². The van der Waals surface area contributed by atoms with E-state index in [0.29, 0.717) is 0 Å². The number of hydrogen-bond donors (Lipinski definition) is 1. The van der Waals surface area contributed by atoms with Gasteiger partial charge in [0.05, 0.1) is 5.02 Å². The second-order valence-corrected chi connectivity index (χ2v) is 4.67. The van der Waals surface area contributed by atoms with E-state index in [9.17, 15) is 0 Å². The van der Waals surface area contributed by atoms with E-state index in [1.165, 1.54) is 15.6 Å². The number of rotatable bonds is 1. The molecule has 0 atom stereocenters. The summed E-state index contributed by atoms with van der Waals surface area (Å²) in [6.07, 6.45) is 0.979. The quantitative estimate of drug-likeness (QED) is 0.687. The van der Waals surface area contributed by atoms with E-state index in [1.807, 2.05) is 6.07 Å². The molecule has 1 heterocycles. The molecule has 0 aliphatic carbocycles. The molecule has 1 aromatic carbocycles. The third-order valence-corrected chi connectivity index (χ3v) is 3.95. The summed E-state index contributed by atoms with van der Waals surface area (Å²) >= 11 is 12.2. The van der Waals surface area contributed by atoms with Crippen LogP contribution in [0.4, 0.5) is 0 Å². The van der Waals surface area contributed by atoms with Gasteiger partial charge in [0.2, 0.25) is 0 Å². The molecule has 13 heavy (non-hydrogen) atoms. The van der Waals surface area contributed by atoms with Gasteiger partial charge in [0.1, 0.15) is 0 Å². The van der Waals surface area contributed by atoms with Crippen LogP contribution in [0.1, 0.15) is 12.5 Å². The summed E-state index contributed by atoms with van der Waals surface area (Å²) in [5.41, 5.74) is 1.26. The second kappa shape index (κ2) is 3.52. The van der Waals surface area contributed by atoms with Gasteiger partial charge in [-0.25, -0.2) is 0 Å². The van der Waals surface area contributed by atoms with Gasteiger partial charge in [-0.3, -0.25) is 0 Å². The van der Waals surface area contributed by atoms with Gasteiger partial charge in [-0.2, -0.15) is 0 Å². The maximum atomic E-state index is 6.06. The Labute approximate surface area is 91.9 Å². The van der Waals surface area contributed by atoms with Crippen molar-refractivity contribution in [1.29, 1.82) is 0 Å². The molecule has 0 aliphatic heterocycles. The minimum atomic E-state index is 0.759. The maximum absolute atomic E-state index is 6.06. The molecular formula is C10H9ClS2. The molecule has 0 aliphatic rings. The average Bonchev–Trinajstić information content (AvgIpc) is 2.54. The van der Waals surface area contributed by atoms with Gasteiger partial charge in [-0.15, -0.1) is 24.0 Å². The van der Waals surface area contributed by atoms with Crippen molar-refractivity contribution < 1.29 is 0 Å². The summed E-state index contributed by atoms with van der Waals surface area (Å²) < 4.78 is 1.25. The molecule has 0 spiro atoms. The van der Waals surface area contributed by atoms with Gasteiger partial charge < -0.3 is 0 Å². The van der Waals surface area contributed by atoms with Gasteiger partial charge >= 0.3 is 0 Å². The summed E-state index contributed by atoms with van der Waals surface area (Å²) in [7, 11) is 0. The molecule has 2 rings (SSSR count). The number of fused-ring (bicyclic) bond motifs is 1. The summed E-state index contributed by atoms with van der Waals surface area (Å²) in [6, 6.07) is 4.12. The first-order valence-corrected chi connectivity index (χ1v) is 5.82. The van der Waals surface area contributed by atoms with Gasteiger partial charge in [-0.1, -0.05) is 18.5 Å². The molecule has 1 aromatic heterocycles. The van der Waals surface area contributed by atoms with Gasteiger partial charge in [-0.05, 0) is 34.9 Å². The number of aryl methyl sites for hydroxylation is 1. The highest BCUT2D eigenvalue weighted by molar-refractivity contribution is 7.80. The molecule has 0 saturated carbocycles. The van der Waals surface area contributed by atoms with Crippen molar-refractivity contribution in [3.63, 3.8) is 0 Å². The molecule has 0 amide bonds. The largest absolute Gasteiger partial charge is 0.144 e. The number of thiophene rings is 1. The number of benzene rings is 1. The van der Waals surface area contributed by atoms with Crippen LogP contribution < -0.4 is 0 Å². The Hall–Kier alpha value is -0.180. The van der Waals surface area contributed by atoms with Crippen LogP contribution in [-0.4, -0.2) is 0 Å². The van der Waals surface area contributed by atoms with Crippen LogP contribution >= 0.6 is 35.6 Å². The van der Waals surface area contributed by atoms with Crippen LogP contribution in [0.5, 0.6) is 0 Å². The number of halogens is 1. The van der Waals surface area contributed by atoms with Crippen molar-refractivity contribution in [2.24, 2.45) is 0 Å². The number of hydrogen-bond acceptors (Lipinski definition) is 2. The van der Waals surface area contributed by atoms with Crippen molar-refractivity contribution in [1.82, 2.24) is 0 Å². The van der Waals surface area contributed by atoms with Crippen molar-refractivity contribution in [2.75, 3.05) is 0 Å². The van der Waals surface area contributed by atoms with Crippen molar-refractivity contribution in [2.45, 2.75) is 18.2 Å². The minimum Gasteiger partial charge on any atom is -0.144 e. The van der Waals surface area contributed by atoms with Crippen molar-refractivity contribution in [3.05, 3.63) is 28.1 Å². The topological polar surface area (TPSA) is 0 Å². The van der Waals surface area contributed by atoms with Crippen LogP contribution in [0.25, 0.3) is 10.1 Å². The highest BCUT2D eigenvalue weighted by atomic mass is 35.5. The summed E-state index contributed by atoms with van der Waals surface area (Å²) in [5, 5.41) is 4.14. The lowest BCUT2D eigenvalue weighted by molar-refractivity contribution is 1.11. The Morgan fingerprint density at radius 3 is 3.00 bits per heavy atom. The molecule has 0 bridgehead atoms. The van der Waals surface area contributed by atoms with E-state index in [1.54, 1.807) is 11.3 Å². The van der Waals surface area contributed by atoms with Crippen LogP contribution in [0.15, 0.2) is 22.4 Å². The number of thiol groups is 1. The Balaban J connectivity index is 2.87. The van der Waals surface area contributed by atoms with Gasteiger partial charge in [0.15, 0.2) is 0 Å². The smallest absolute Gasteiger partial charge is 0.0556 e. The average molecular weight is 229 g/mol. The molecule has 0 radical (unpaired) electrons. The van der Waals surface area contributed by atoms with E-state index >= 15 is 0 Å². The molecule has 0 fully saturated rings. The SMILES string of the molecule is CCc1c(S)c(Cl)cc2sccc12. The summed E-state index contributed by atoms with van der Waals surface area (Å²) in [4.78, 5) is 0.926. The monoisotopic (exact) mass is 228 g/mol. The van der Waals surface area contributed by atoms with E-state index < -0.39 is 0 Å². The lowest BCUT2D eigenvalue weighted by Gasteiger charge is -2.05. The molecule has 68 valence electrons. The molecule has 0 unspecified atom stereocenters. The summed E-state index contributed by atoms with van der Waals surface area (Å²) in [6.45, 7) is 2.13. The van der Waals surface area contributed by atoms with Crippen LogP contribution in [0, 0.1) is 0 Å². The lowest BCUT2D eigenvalue weighted by atomic mass is 10.1. The highest BCUT2D eigenvalue weighted by Gasteiger charge is 2.08. The first-order valence-electron chi connectivity index (χ1n) is 4.11. The van der Waals surface area contributed by atoms with Crippen LogP contribution in [0.2, 0.25) is 5.02 Å². The molecule has 0 N–H and O–H groups in total. The maximum Gasteiger partial charge on any atom is 0.0556 e. The standard InChI is InChI=1S/C10H9ClS2/c1-2-6-7-3-4-13-9(7)5-8(11)10(6)12/h3-5,12H,2H2,1H3. The fraction of sp³-hybridized carbons (Fsp3) is 0.200. The third-order valence-electron chi connectivity index (χ3n) is 2.14. The van der Waals surface area contributed by atoms with E-state index in [4.69, 9.17) is 11.6 Å². The third kappa shape index (κ3) is 1.47. The van der Waals surface area contributed by atoms with E-state index in [-0.39, 0.29) is 0 Å².